The van der Waals surface area contributed by atoms with Crippen molar-refractivity contribution in [2.45, 2.75) is 25.3 Å². The van der Waals surface area contributed by atoms with E-state index in [-0.39, 0.29) is 11.9 Å². The second-order valence-corrected chi connectivity index (χ2v) is 7.01. The van der Waals surface area contributed by atoms with Crippen molar-refractivity contribution in [1.82, 2.24) is 14.3 Å². The van der Waals surface area contributed by atoms with Crippen molar-refractivity contribution in [1.29, 1.82) is 0 Å². The summed E-state index contributed by atoms with van der Waals surface area (Å²) in [6, 6.07) is 11.8. The normalized spacial score (nSPS) is 19.3. The number of nitrogens with zero attached hydrogens (tertiary/aromatic N) is 3. The molecule has 2 aliphatic heterocycles. The largest absolute Gasteiger partial charge is 0.490 e. The van der Waals surface area contributed by atoms with E-state index >= 15 is 0 Å². The minimum Gasteiger partial charge on any atom is -0.490 e. The fourth-order valence-electron chi connectivity index (χ4n) is 3.93. The van der Waals surface area contributed by atoms with Gasteiger partial charge in [-0.3, -0.25) is 4.79 Å². The van der Waals surface area contributed by atoms with Gasteiger partial charge in [0.1, 0.15) is 11.3 Å². The lowest BCUT2D eigenvalue weighted by Gasteiger charge is -2.25. The van der Waals surface area contributed by atoms with Crippen LogP contribution in [0.4, 0.5) is 0 Å². The first-order chi connectivity index (χ1) is 13.3. The number of hydrogen-bond donors (Lipinski definition) is 0. The molecule has 6 nitrogen and oxygen atoms in total. The van der Waals surface area contributed by atoms with Crippen LogP contribution in [0, 0.1) is 0 Å². The number of aromatic nitrogens is 2. The molecule has 1 saturated heterocycles. The fraction of sp³-hybridized carbons (Fsp3) is 0.333. The quantitative estimate of drug-likeness (QED) is 0.700. The lowest BCUT2D eigenvalue weighted by molar-refractivity contribution is 0.0730. The van der Waals surface area contributed by atoms with Gasteiger partial charge in [0.2, 0.25) is 0 Å². The van der Waals surface area contributed by atoms with Crippen LogP contribution in [0.1, 0.15) is 41.4 Å². The van der Waals surface area contributed by atoms with Crippen molar-refractivity contribution in [3.8, 4) is 11.5 Å². The Morgan fingerprint density at radius 1 is 1.07 bits per heavy atom. The molecule has 1 aromatic carbocycles. The third-order valence-corrected chi connectivity index (χ3v) is 5.25. The van der Waals surface area contributed by atoms with E-state index in [9.17, 15) is 4.79 Å². The molecule has 2 aliphatic rings. The zero-order valence-electron chi connectivity index (χ0n) is 15.0. The minimum atomic E-state index is -0.0201. The SMILES string of the molecule is O=C(c1cn2ccccc2n1)N1CCCC1c1ccc2c(c1)OCCCO2. The van der Waals surface area contributed by atoms with Crippen molar-refractivity contribution < 1.29 is 14.3 Å². The summed E-state index contributed by atoms with van der Waals surface area (Å²) in [6.07, 6.45) is 6.52. The number of carbonyl (C=O) groups excluding carboxylic acids is 1. The number of ether oxygens (including phenoxy) is 2. The molecule has 0 bridgehead atoms. The van der Waals surface area contributed by atoms with Crippen LogP contribution in [0.3, 0.4) is 0 Å². The summed E-state index contributed by atoms with van der Waals surface area (Å²) < 4.78 is 13.4. The van der Waals surface area contributed by atoms with E-state index in [4.69, 9.17) is 9.47 Å². The number of fused-ring (bicyclic) bond motifs is 2. The smallest absolute Gasteiger partial charge is 0.274 e. The van der Waals surface area contributed by atoms with E-state index in [2.05, 4.69) is 4.98 Å². The van der Waals surface area contributed by atoms with E-state index in [1.165, 1.54) is 0 Å². The number of likely N-dealkylation sites (tertiary alicyclic amines) is 1. The molecule has 1 atom stereocenters. The molecule has 0 aliphatic carbocycles. The number of benzene rings is 1. The van der Waals surface area contributed by atoms with Gasteiger partial charge in [-0.15, -0.1) is 0 Å². The summed E-state index contributed by atoms with van der Waals surface area (Å²) in [5.74, 6) is 1.54. The number of pyridine rings is 1. The van der Waals surface area contributed by atoms with Crippen molar-refractivity contribution >= 4 is 11.6 Å². The molecular formula is C21H21N3O3. The maximum absolute atomic E-state index is 13.1. The van der Waals surface area contributed by atoms with Gasteiger partial charge in [-0.05, 0) is 42.7 Å². The molecule has 0 N–H and O–H groups in total. The first-order valence-corrected chi connectivity index (χ1v) is 9.44. The van der Waals surface area contributed by atoms with Crippen molar-refractivity contribution in [2.24, 2.45) is 0 Å². The first-order valence-electron chi connectivity index (χ1n) is 9.44. The Bertz CT molecular complexity index is 964. The molecule has 3 aromatic rings. The Morgan fingerprint density at radius 2 is 1.96 bits per heavy atom. The number of rotatable bonds is 2. The van der Waals surface area contributed by atoms with Gasteiger partial charge >= 0.3 is 0 Å². The molecule has 4 heterocycles. The molecule has 5 rings (SSSR count). The molecule has 6 heteroatoms. The molecule has 27 heavy (non-hydrogen) atoms. The van der Waals surface area contributed by atoms with Crippen LogP contribution in [0.25, 0.3) is 5.65 Å². The van der Waals surface area contributed by atoms with E-state index in [1.54, 1.807) is 6.20 Å². The predicted molar refractivity (Wildman–Crippen MR) is 100 cm³/mol. The summed E-state index contributed by atoms with van der Waals surface area (Å²) in [5.41, 5.74) is 2.36. The van der Waals surface area contributed by atoms with Crippen LogP contribution >= 0.6 is 0 Å². The van der Waals surface area contributed by atoms with Crippen LogP contribution in [0.15, 0.2) is 48.8 Å². The predicted octanol–water partition coefficient (Wildman–Crippen LogP) is 3.47. The maximum Gasteiger partial charge on any atom is 0.274 e. The highest BCUT2D eigenvalue weighted by atomic mass is 16.5. The second-order valence-electron chi connectivity index (χ2n) is 7.01. The molecule has 2 aromatic heterocycles. The fourth-order valence-corrected chi connectivity index (χ4v) is 3.93. The highest BCUT2D eigenvalue weighted by Gasteiger charge is 2.32. The van der Waals surface area contributed by atoms with Gasteiger partial charge in [-0.25, -0.2) is 4.98 Å². The monoisotopic (exact) mass is 363 g/mol. The van der Waals surface area contributed by atoms with Gasteiger partial charge in [0.15, 0.2) is 11.5 Å². The van der Waals surface area contributed by atoms with Gasteiger partial charge < -0.3 is 18.8 Å². The van der Waals surface area contributed by atoms with E-state index in [0.29, 0.717) is 18.9 Å². The highest BCUT2D eigenvalue weighted by molar-refractivity contribution is 5.93. The Labute approximate surface area is 157 Å². The second kappa shape index (κ2) is 6.61. The van der Waals surface area contributed by atoms with Crippen LogP contribution in [-0.4, -0.2) is 40.0 Å². The number of carbonyl (C=O) groups is 1. The van der Waals surface area contributed by atoms with E-state index in [0.717, 1.165) is 48.5 Å². The summed E-state index contributed by atoms with van der Waals surface area (Å²) in [7, 11) is 0. The summed E-state index contributed by atoms with van der Waals surface area (Å²) in [6.45, 7) is 2.07. The maximum atomic E-state index is 13.1. The summed E-state index contributed by atoms with van der Waals surface area (Å²) >= 11 is 0. The van der Waals surface area contributed by atoms with Crippen molar-refractivity contribution in [2.75, 3.05) is 19.8 Å². The zero-order chi connectivity index (χ0) is 18.2. The Balaban J connectivity index is 1.44. The molecule has 0 spiro atoms. The zero-order valence-corrected chi connectivity index (χ0v) is 15.0. The summed E-state index contributed by atoms with van der Waals surface area (Å²) in [5, 5.41) is 0. The van der Waals surface area contributed by atoms with E-state index < -0.39 is 0 Å². The van der Waals surface area contributed by atoms with Gasteiger partial charge in [-0.1, -0.05) is 12.1 Å². The number of imidazole rings is 1. The average Bonchev–Trinajstić information content (AvgIpc) is 3.29. The molecule has 1 unspecified atom stereocenters. The molecule has 138 valence electrons. The number of amides is 1. The standard InChI is InChI=1S/C21H21N3O3/c25-21(16-14-23-9-2-1-6-20(23)22-16)24-10-3-5-17(24)15-7-8-18-19(13-15)27-12-4-11-26-18/h1-2,6-9,13-14,17H,3-5,10-12H2. The molecule has 1 amide bonds. The number of hydrogen-bond acceptors (Lipinski definition) is 4. The van der Waals surface area contributed by atoms with Gasteiger partial charge in [0, 0.05) is 25.4 Å². The van der Waals surface area contributed by atoms with Gasteiger partial charge in [0.25, 0.3) is 5.91 Å². The topological polar surface area (TPSA) is 56.1 Å². The van der Waals surface area contributed by atoms with Crippen molar-refractivity contribution in [3.63, 3.8) is 0 Å². The third kappa shape index (κ3) is 2.91. The Hall–Kier alpha value is -3.02. The molecule has 0 radical (unpaired) electrons. The van der Waals surface area contributed by atoms with Gasteiger partial charge in [-0.2, -0.15) is 0 Å². The van der Waals surface area contributed by atoms with Crippen LogP contribution in [0.2, 0.25) is 0 Å². The lowest BCUT2D eigenvalue weighted by Crippen LogP contribution is -2.30. The average molecular weight is 363 g/mol. The Morgan fingerprint density at radius 3 is 2.85 bits per heavy atom. The van der Waals surface area contributed by atoms with Crippen LogP contribution < -0.4 is 9.47 Å². The molecule has 1 fully saturated rings. The summed E-state index contributed by atoms with van der Waals surface area (Å²) in [4.78, 5) is 19.6. The van der Waals surface area contributed by atoms with E-state index in [1.807, 2.05) is 51.9 Å². The van der Waals surface area contributed by atoms with Gasteiger partial charge in [0.05, 0.1) is 19.3 Å². The minimum absolute atomic E-state index is 0.0201. The first kappa shape index (κ1) is 16.2. The highest BCUT2D eigenvalue weighted by Crippen LogP contribution is 2.38. The van der Waals surface area contributed by atoms with Crippen LogP contribution in [0.5, 0.6) is 11.5 Å². The Kier molecular flexibility index (Phi) is 3.96. The lowest BCUT2D eigenvalue weighted by atomic mass is 10.0. The third-order valence-electron chi connectivity index (χ3n) is 5.25. The molecular weight excluding hydrogens is 342 g/mol. The molecule has 0 saturated carbocycles. The van der Waals surface area contributed by atoms with Crippen molar-refractivity contribution in [3.05, 3.63) is 60.0 Å². The van der Waals surface area contributed by atoms with Crippen LogP contribution in [-0.2, 0) is 0 Å².